The van der Waals surface area contributed by atoms with Crippen molar-refractivity contribution in [2.75, 3.05) is 0 Å². The SMILES string of the molecule is CCCCCc1cc(C)c2[nH]c(-c3ccccc3)cc2c1. The summed E-state index contributed by atoms with van der Waals surface area (Å²) >= 11 is 0. The Bertz CT molecular complexity index is 722. The first-order chi connectivity index (χ1) is 10.3. The van der Waals surface area contributed by atoms with Crippen molar-refractivity contribution in [3.05, 3.63) is 59.7 Å². The summed E-state index contributed by atoms with van der Waals surface area (Å²) in [6.45, 7) is 4.46. The molecule has 1 heteroatoms. The molecule has 1 nitrogen and oxygen atoms in total. The summed E-state index contributed by atoms with van der Waals surface area (Å²) in [4.78, 5) is 3.57. The number of fused-ring (bicyclic) bond motifs is 1. The van der Waals surface area contributed by atoms with Crippen LogP contribution in [0, 0.1) is 6.92 Å². The number of aromatic nitrogens is 1. The Morgan fingerprint density at radius 1 is 0.952 bits per heavy atom. The quantitative estimate of drug-likeness (QED) is 0.561. The first kappa shape index (κ1) is 13.9. The molecule has 108 valence electrons. The number of aromatic amines is 1. The third kappa shape index (κ3) is 3.02. The molecule has 0 saturated carbocycles. The Balaban J connectivity index is 1.95. The molecule has 2 aromatic carbocycles. The van der Waals surface area contributed by atoms with Gasteiger partial charge < -0.3 is 4.98 Å². The lowest BCUT2D eigenvalue weighted by molar-refractivity contribution is 0.717. The van der Waals surface area contributed by atoms with Gasteiger partial charge in [0.2, 0.25) is 0 Å². The van der Waals surface area contributed by atoms with Crippen molar-refractivity contribution in [2.45, 2.75) is 39.5 Å². The molecular formula is C20H23N. The smallest absolute Gasteiger partial charge is 0.0488 e. The summed E-state index contributed by atoms with van der Waals surface area (Å²) in [7, 11) is 0. The van der Waals surface area contributed by atoms with E-state index in [1.54, 1.807) is 0 Å². The molecule has 0 aliphatic rings. The van der Waals surface area contributed by atoms with Crippen LogP contribution in [0.4, 0.5) is 0 Å². The molecule has 0 bridgehead atoms. The van der Waals surface area contributed by atoms with E-state index in [0.29, 0.717) is 0 Å². The molecule has 3 rings (SSSR count). The van der Waals surface area contributed by atoms with Gasteiger partial charge in [-0.3, -0.25) is 0 Å². The van der Waals surface area contributed by atoms with E-state index in [4.69, 9.17) is 0 Å². The second-order valence-electron chi connectivity index (χ2n) is 5.88. The Morgan fingerprint density at radius 3 is 2.52 bits per heavy atom. The molecule has 0 spiro atoms. The average Bonchev–Trinajstić information content (AvgIpc) is 2.93. The standard InChI is InChI=1S/C20H23N/c1-3-4-6-9-16-12-15(2)20-18(13-16)14-19(21-20)17-10-7-5-8-11-17/h5,7-8,10-14,21H,3-4,6,9H2,1-2H3. The van der Waals surface area contributed by atoms with Crippen molar-refractivity contribution < 1.29 is 0 Å². The molecule has 0 unspecified atom stereocenters. The molecule has 3 aromatic rings. The van der Waals surface area contributed by atoms with E-state index in [-0.39, 0.29) is 0 Å². The van der Waals surface area contributed by atoms with E-state index in [9.17, 15) is 0 Å². The minimum Gasteiger partial charge on any atom is -0.354 e. The highest BCUT2D eigenvalue weighted by molar-refractivity contribution is 5.88. The second-order valence-corrected chi connectivity index (χ2v) is 5.88. The highest BCUT2D eigenvalue weighted by Crippen LogP contribution is 2.27. The van der Waals surface area contributed by atoms with Gasteiger partial charge in [0.15, 0.2) is 0 Å². The average molecular weight is 277 g/mol. The molecule has 21 heavy (non-hydrogen) atoms. The van der Waals surface area contributed by atoms with Crippen LogP contribution in [0.2, 0.25) is 0 Å². The van der Waals surface area contributed by atoms with Crippen molar-refractivity contribution in [2.24, 2.45) is 0 Å². The summed E-state index contributed by atoms with van der Waals surface area (Å²) in [6.07, 6.45) is 5.08. The second kappa shape index (κ2) is 6.17. The van der Waals surface area contributed by atoms with Crippen molar-refractivity contribution in [3.8, 4) is 11.3 Å². The summed E-state index contributed by atoms with van der Waals surface area (Å²) < 4.78 is 0. The van der Waals surface area contributed by atoms with Crippen LogP contribution in [0.3, 0.4) is 0 Å². The first-order valence-electron chi connectivity index (χ1n) is 7.95. The maximum absolute atomic E-state index is 3.57. The highest BCUT2D eigenvalue weighted by Gasteiger charge is 2.07. The number of hydrogen-bond acceptors (Lipinski definition) is 0. The van der Waals surface area contributed by atoms with E-state index in [0.717, 1.165) is 0 Å². The largest absolute Gasteiger partial charge is 0.354 e. The molecule has 0 saturated heterocycles. The Morgan fingerprint density at radius 2 is 1.76 bits per heavy atom. The van der Waals surface area contributed by atoms with Gasteiger partial charge in [0, 0.05) is 16.6 Å². The highest BCUT2D eigenvalue weighted by atomic mass is 14.7. The lowest BCUT2D eigenvalue weighted by Gasteiger charge is -2.04. The van der Waals surface area contributed by atoms with Crippen LogP contribution in [-0.4, -0.2) is 4.98 Å². The predicted octanol–water partition coefficient (Wildman–Crippen LogP) is 5.88. The fourth-order valence-corrected chi connectivity index (χ4v) is 3.00. The molecule has 0 fully saturated rings. The summed E-state index contributed by atoms with van der Waals surface area (Å²) in [5.74, 6) is 0. The van der Waals surface area contributed by atoms with Gasteiger partial charge in [-0.2, -0.15) is 0 Å². The van der Waals surface area contributed by atoms with Crippen LogP contribution in [-0.2, 0) is 6.42 Å². The minimum atomic E-state index is 1.19. The van der Waals surface area contributed by atoms with Gasteiger partial charge in [-0.1, -0.05) is 56.2 Å². The molecule has 0 aliphatic heterocycles. The number of nitrogens with one attached hydrogen (secondary N) is 1. The van der Waals surface area contributed by atoms with Crippen molar-refractivity contribution >= 4 is 10.9 Å². The Hall–Kier alpha value is -2.02. The fourth-order valence-electron chi connectivity index (χ4n) is 3.00. The van der Waals surface area contributed by atoms with Crippen LogP contribution < -0.4 is 0 Å². The third-order valence-corrected chi connectivity index (χ3v) is 4.14. The number of H-pyrrole nitrogens is 1. The van der Waals surface area contributed by atoms with Crippen LogP contribution in [0.15, 0.2) is 48.5 Å². The molecule has 0 radical (unpaired) electrons. The zero-order valence-corrected chi connectivity index (χ0v) is 12.9. The molecule has 1 N–H and O–H groups in total. The number of aryl methyl sites for hydroxylation is 2. The van der Waals surface area contributed by atoms with Gasteiger partial charge in [0.25, 0.3) is 0 Å². The van der Waals surface area contributed by atoms with Gasteiger partial charge >= 0.3 is 0 Å². The van der Waals surface area contributed by atoms with Crippen LogP contribution in [0.1, 0.15) is 37.3 Å². The summed E-state index contributed by atoms with van der Waals surface area (Å²) in [6, 6.07) is 17.5. The van der Waals surface area contributed by atoms with Crippen molar-refractivity contribution in [1.82, 2.24) is 4.98 Å². The molecule has 0 amide bonds. The summed E-state index contributed by atoms with van der Waals surface area (Å²) in [5, 5.41) is 1.33. The van der Waals surface area contributed by atoms with Gasteiger partial charge in [0.1, 0.15) is 0 Å². The van der Waals surface area contributed by atoms with E-state index in [2.05, 4.69) is 67.4 Å². The van der Waals surface area contributed by atoms with Gasteiger partial charge in [-0.15, -0.1) is 0 Å². The van der Waals surface area contributed by atoms with E-state index < -0.39 is 0 Å². The van der Waals surface area contributed by atoms with E-state index >= 15 is 0 Å². The molecule has 1 heterocycles. The van der Waals surface area contributed by atoms with Crippen LogP contribution >= 0.6 is 0 Å². The van der Waals surface area contributed by atoms with Crippen LogP contribution in [0.5, 0.6) is 0 Å². The topological polar surface area (TPSA) is 15.8 Å². The zero-order chi connectivity index (χ0) is 14.7. The Kier molecular flexibility index (Phi) is 4.10. The maximum Gasteiger partial charge on any atom is 0.0488 e. The fraction of sp³-hybridized carbons (Fsp3) is 0.300. The monoisotopic (exact) mass is 277 g/mol. The molecule has 0 atom stereocenters. The molecular weight excluding hydrogens is 254 g/mol. The van der Waals surface area contributed by atoms with Gasteiger partial charge in [0.05, 0.1) is 0 Å². The van der Waals surface area contributed by atoms with Crippen molar-refractivity contribution in [3.63, 3.8) is 0 Å². The zero-order valence-electron chi connectivity index (χ0n) is 12.9. The lowest BCUT2D eigenvalue weighted by Crippen LogP contribution is -1.87. The minimum absolute atomic E-state index is 1.19. The van der Waals surface area contributed by atoms with Crippen LogP contribution in [0.25, 0.3) is 22.2 Å². The van der Waals surface area contributed by atoms with Crippen molar-refractivity contribution in [1.29, 1.82) is 0 Å². The Labute approximate surface area is 127 Å². The van der Waals surface area contributed by atoms with Gasteiger partial charge in [-0.05, 0) is 48.6 Å². The maximum atomic E-state index is 3.57. The number of benzene rings is 2. The number of rotatable bonds is 5. The molecule has 0 aliphatic carbocycles. The predicted molar refractivity (Wildman–Crippen MR) is 91.7 cm³/mol. The van der Waals surface area contributed by atoms with E-state index in [1.165, 1.54) is 59.0 Å². The number of unbranched alkanes of at least 4 members (excludes halogenated alkanes) is 2. The lowest BCUT2D eigenvalue weighted by atomic mass is 10.0. The normalized spacial score (nSPS) is 11.1. The first-order valence-corrected chi connectivity index (χ1v) is 7.95. The third-order valence-electron chi connectivity index (χ3n) is 4.14. The summed E-state index contributed by atoms with van der Waals surface area (Å²) in [5.41, 5.74) is 6.54. The number of hydrogen-bond donors (Lipinski definition) is 1. The van der Waals surface area contributed by atoms with E-state index in [1.807, 2.05) is 0 Å². The molecule has 1 aromatic heterocycles. The van der Waals surface area contributed by atoms with Gasteiger partial charge in [-0.25, -0.2) is 0 Å².